The Labute approximate surface area is 121 Å². The van der Waals surface area contributed by atoms with Gasteiger partial charge in [0, 0.05) is 11.4 Å². The van der Waals surface area contributed by atoms with Gasteiger partial charge < -0.3 is 0 Å². The van der Waals surface area contributed by atoms with Crippen LogP contribution in [0.15, 0.2) is 17.0 Å². The normalized spacial score (nSPS) is 17.5. The van der Waals surface area contributed by atoms with Gasteiger partial charge in [-0.2, -0.15) is 0 Å². The van der Waals surface area contributed by atoms with E-state index in [0.717, 1.165) is 12.8 Å². The highest BCUT2D eigenvalue weighted by molar-refractivity contribution is 9.09. The summed E-state index contributed by atoms with van der Waals surface area (Å²) in [7, 11) is -3.59. The minimum Gasteiger partial charge on any atom is -0.210 e. The molecule has 0 radical (unpaired) electrons. The average molecular weight is 350 g/mol. The summed E-state index contributed by atoms with van der Waals surface area (Å²) >= 11 is 3.49. The van der Waals surface area contributed by atoms with E-state index >= 15 is 0 Å². The molecule has 6 heteroatoms. The van der Waals surface area contributed by atoms with E-state index in [9.17, 15) is 12.8 Å². The van der Waals surface area contributed by atoms with Gasteiger partial charge in [0.05, 0.1) is 4.90 Å². The molecule has 19 heavy (non-hydrogen) atoms. The molecule has 3 nitrogen and oxygen atoms in total. The predicted octanol–water partition coefficient (Wildman–Crippen LogP) is 2.89. The minimum absolute atomic E-state index is 0.170. The molecule has 0 saturated heterocycles. The van der Waals surface area contributed by atoms with Crippen LogP contribution >= 0.6 is 15.9 Å². The van der Waals surface area contributed by atoms with E-state index in [0.29, 0.717) is 23.6 Å². The number of aryl methyl sites for hydroxylation is 2. The van der Waals surface area contributed by atoms with Crippen molar-refractivity contribution in [3.63, 3.8) is 0 Å². The van der Waals surface area contributed by atoms with Gasteiger partial charge in [-0.25, -0.2) is 17.5 Å². The summed E-state index contributed by atoms with van der Waals surface area (Å²) in [5.74, 6) is 0.156. The third-order valence-corrected chi connectivity index (χ3v) is 6.10. The summed E-state index contributed by atoms with van der Waals surface area (Å²) in [6.07, 6.45) is 2.29. The molecule has 0 heterocycles. The van der Waals surface area contributed by atoms with Gasteiger partial charge in [-0.1, -0.05) is 15.9 Å². The minimum atomic E-state index is -3.59. The standard InChI is InChI=1S/C13H17BrFNO2S/c1-8-5-11(15)6-9(2)13(8)19(17,18)16-7-12(14)10-3-4-10/h5-6,10,12,16H,3-4,7H2,1-2H3. The molecule has 1 aliphatic carbocycles. The van der Waals surface area contributed by atoms with Crippen molar-refractivity contribution in [2.45, 2.75) is 36.4 Å². The van der Waals surface area contributed by atoms with Crippen molar-refractivity contribution in [2.24, 2.45) is 5.92 Å². The quantitative estimate of drug-likeness (QED) is 0.830. The maximum atomic E-state index is 13.2. The second-order valence-electron chi connectivity index (χ2n) is 5.07. The molecule has 0 aliphatic heterocycles. The Morgan fingerprint density at radius 1 is 1.37 bits per heavy atom. The number of sulfonamides is 1. The second kappa shape index (κ2) is 5.50. The maximum Gasteiger partial charge on any atom is 0.241 e. The van der Waals surface area contributed by atoms with E-state index in [2.05, 4.69) is 20.7 Å². The molecule has 1 atom stereocenters. The van der Waals surface area contributed by atoms with Crippen LogP contribution in [-0.4, -0.2) is 19.8 Å². The summed E-state index contributed by atoms with van der Waals surface area (Å²) in [6, 6.07) is 2.49. The zero-order chi connectivity index (χ0) is 14.2. The van der Waals surface area contributed by atoms with E-state index in [4.69, 9.17) is 0 Å². The van der Waals surface area contributed by atoms with Gasteiger partial charge in [-0.3, -0.25) is 0 Å². The summed E-state index contributed by atoms with van der Waals surface area (Å²) in [5.41, 5.74) is 0.866. The van der Waals surface area contributed by atoms with Gasteiger partial charge in [0.2, 0.25) is 10.0 Å². The Morgan fingerprint density at radius 3 is 2.37 bits per heavy atom. The molecule has 1 aliphatic rings. The molecule has 106 valence electrons. The molecule has 2 rings (SSSR count). The smallest absolute Gasteiger partial charge is 0.210 e. The van der Waals surface area contributed by atoms with Crippen molar-refractivity contribution >= 4 is 26.0 Å². The first-order valence-electron chi connectivity index (χ1n) is 6.22. The van der Waals surface area contributed by atoms with Crippen molar-refractivity contribution in [1.82, 2.24) is 4.72 Å². The molecular weight excluding hydrogens is 333 g/mol. The molecule has 1 N–H and O–H groups in total. The third kappa shape index (κ3) is 3.55. The van der Waals surface area contributed by atoms with E-state index < -0.39 is 15.8 Å². The van der Waals surface area contributed by atoms with Gasteiger partial charge in [-0.05, 0) is 55.9 Å². The Morgan fingerprint density at radius 2 is 1.89 bits per heavy atom. The van der Waals surface area contributed by atoms with E-state index in [1.165, 1.54) is 12.1 Å². The van der Waals surface area contributed by atoms with Crippen molar-refractivity contribution in [3.05, 3.63) is 29.1 Å². The monoisotopic (exact) mass is 349 g/mol. The Hall–Kier alpha value is -0.460. The van der Waals surface area contributed by atoms with Gasteiger partial charge in [0.15, 0.2) is 0 Å². The van der Waals surface area contributed by atoms with Crippen LogP contribution in [0.3, 0.4) is 0 Å². The number of alkyl halides is 1. The first-order valence-corrected chi connectivity index (χ1v) is 8.61. The molecule has 0 bridgehead atoms. The third-order valence-electron chi connectivity index (χ3n) is 3.30. The largest absolute Gasteiger partial charge is 0.241 e. The van der Waals surface area contributed by atoms with Crippen molar-refractivity contribution in [3.8, 4) is 0 Å². The van der Waals surface area contributed by atoms with Crippen LogP contribution in [0.1, 0.15) is 24.0 Å². The molecule has 0 aromatic heterocycles. The number of hydrogen-bond donors (Lipinski definition) is 1. The van der Waals surface area contributed by atoms with Crippen LogP contribution < -0.4 is 4.72 Å². The fourth-order valence-electron chi connectivity index (χ4n) is 2.21. The van der Waals surface area contributed by atoms with Crippen molar-refractivity contribution in [2.75, 3.05) is 6.54 Å². The highest BCUT2D eigenvalue weighted by Gasteiger charge is 2.30. The molecule has 1 saturated carbocycles. The molecule has 1 aromatic rings. The van der Waals surface area contributed by atoms with Gasteiger partial charge in [-0.15, -0.1) is 0 Å². The van der Waals surface area contributed by atoms with Crippen molar-refractivity contribution < 1.29 is 12.8 Å². The summed E-state index contributed by atoms with van der Waals surface area (Å²) < 4.78 is 40.4. The fraction of sp³-hybridized carbons (Fsp3) is 0.538. The number of benzene rings is 1. The average Bonchev–Trinajstić information content (AvgIpc) is 3.07. The summed E-state index contributed by atoms with van der Waals surface area (Å²) in [6.45, 7) is 3.58. The van der Waals surface area contributed by atoms with Crippen LogP contribution in [0.2, 0.25) is 0 Å². The van der Waals surface area contributed by atoms with E-state index in [-0.39, 0.29) is 9.72 Å². The van der Waals surface area contributed by atoms with Crippen LogP contribution in [0.5, 0.6) is 0 Å². The van der Waals surface area contributed by atoms with Gasteiger partial charge in [0.25, 0.3) is 0 Å². The number of rotatable bonds is 5. The SMILES string of the molecule is Cc1cc(F)cc(C)c1S(=O)(=O)NCC(Br)C1CC1. The number of hydrogen-bond acceptors (Lipinski definition) is 2. The zero-order valence-electron chi connectivity index (χ0n) is 10.9. The first kappa shape index (κ1) is 14.9. The Kier molecular flexibility index (Phi) is 4.32. The highest BCUT2D eigenvalue weighted by atomic mass is 79.9. The topological polar surface area (TPSA) is 46.2 Å². The lowest BCUT2D eigenvalue weighted by atomic mass is 10.1. The maximum absolute atomic E-state index is 13.2. The molecular formula is C13H17BrFNO2S. The predicted molar refractivity (Wildman–Crippen MR) is 76.5 cm³/mol. The number of nitrogens with one attached hydrogen (secondary N) is 1. The van der Waals surface area contributed by atoms with E-state index in [1.807, 2.05) is 0 Å². The first-order chi connectivity index (χ1) is 8.81. The zero-order valence-corrected chi connectivity index (χ0v) is 13.3. The number of halogens is 2. The van der Waals surface area contributed by atoms with Crippen molar-refractivity contribution in [1.29, 1.82) is 0 Å². The fourth-order valence-corrected chi connectivity index (χ4v) is 4.62. The lowest BCUT2D eigenvalue weighted by Gasteiger charge is -2.14. The Bertz CT molecular complexity index is 561. The molecule has 1 unspecified atom stereocenters. The molecule has 1 aromatic carbocycles. The summed E-state index contributed by atoms with van der Waals surface area (Å²) in [5, 5.41) is 0. The Balaban J connectivity index is 2.19. The van der Waals surface area contributed by atoms with Crippen LogP contribution in [0, 0.1) is 25.6 Å². The highest BCUT2D eigenvalue weighted by Crippen LogP contribution is 2.36. The second-order valence-corrected chi connectivity index (χ2v) is 7.95. The van der Waals surface area contributed by atoms with Crippen LogP contribution in [0.25, 0.3) is 0 Å². The lowest BCUT2D eigenvalue weighted by molar-refractivity contribution is 0.575. The summed E-state index contributed by atoms with van der Waals surface area (Å²) in [4.78, 5) is 0.354. The van der Waals surface area contributed by atoms with E-state index in [1.54, 1.807) is 13.8 Å². The van der Waals surface area contributed by atoms with Gasteiger partial charge in [0.1, 0.15) is 5.82 Å². The van der Waals surface area contributed by atoms with Crippen LogP contribution in [-0.2, 0) is 10.0 Å². The van der Waals surface area contributed by atoms with Crippen LogP contribution in [0.4, 0.5) is 4.39 Å². The molecule has 1 fully saturated rings. The molecule has 0 amide bonds. The van der Waals surface area contributed by atoms with Gasteiger partial charge >= 0.3 is 0 Å². The lowest BCUT2D eigenvalue weighted by Crippen LogP contribution is -2.31. The molecule has 0 spiro atoms.